The lowest BCUT2D eigenvalue weighted by Gasteiger charge is -2.32. The Balaban J connectivity index is 0.610. The fourth-order valence-electron chi connectivity index (χ4n) is 29.9. The third-order valence-corrected chi connectivity index (χ3v) is 32.1. The van der Waals surface area contributed by atoms with Gasteiger partial charge in [-0.15, -0.1) is 0 Å². The highest BCUT2D eigenvalue weighted by atomic mass is 16.6. The van der Waals surface area contributed by atoms with Gasteiger partial charge in [-0.3, -0.25) is 24.4 Å². The molecule has 0 bridgehead atoms. The molecule has 0 amide bonds. The van der Waals surface area contributed by atoms with Gasteiger partial charge in [-0.1, -0.05) is 78.9 Å². The Kier molecular flexibility index (Phi) is 7.30. The van der Waals surface area contributed by atoms with E-state index in [0.717, 1.165) is 69.9 Å². The molecule has 532 valence electrons. The van der Waals surface area contributed by atoms with Gasteiger partial charge in [0.25, 0.3) is 0 Å². The number of carbonyl (C=O) groups excluding carboxylic acids is 6. The first-order chi connectivity index (χ1) is 57.0. The predicted octanol–water partition coefficient (Wildman–Crippen LogP) is 17.4. The van der Waals surface area contributed by atoms with E-state index < -0.39 is 94.4 Å². The molecule has 32 aromatic rings. The number of esters is 6. The van der Waals surface area contributed by atoms with Crippen molar-refractivity contribution >= 4 is 327 Å². The van der Waals surface area contributed by atoms with Gasteiger partial charge in [0.2, 0.25) is 12.2 Å². The largest absolute Gasteiger partial charge is 0.465 e. The Labute approximate surface area is 636 Å². The standard InChI is InChI=1S/C98H35N3O15/c102-27(115-86(89(104)113-22-24-12-4-1-5-13-24)87(116-88(103)26-16-8-3-9-17-26)90(105)114-23-25-14-6-2-7-15-25)18-10-20-111-91(106)98(92(107)112-21-11-19-101-94(109)99-93(108)100-95(101)110)96-82-74-66-56-46-38-30-28-29-32-36-34(30)42-50-44(36)54-48-40(32)41-33(29)37-35-31(28)39(38)47-53-43(35)51-45(37)55-49(41)59-58(48)68-62(54)72-64(50)70(60(66)52(42)46)78(82)80(72)84-76(68)77-69(59)63(55)73-65(51)71-61(53)67(57(47)56)75(74)83(96)79(71)81(73)85(77)97(84,96)98/h1-9,12-17,86-87H,10-11,18-23H2,(H2,99,100,108,109,110)/t86-,87-,96?,97?,98?/m1/s1. The molecule has 5 aliphatic carbocycles. The summed E-state index contributed by atoms with van der Waals surface area (Å²) in [4.78, 5) is 138. The number of ether oxygens (including phenoxy) is 6. The summed E-state index contributed by atoms with van der Waals surface area (Å²) in [6.45, 7) is -1.66. The minimum absolute atomic E-state index is 0.0345. The second-order valence-electron chi connectivity index (χ2n) is 35.4. The van der Waals surface area contributed by atoms with Crippen LogP contribution in [0.5, 0.6) is 0 Å². The van der Waals surface area contributed by atoms with Crippen molar-refractivity contribution in [3.63, 3.8) is 0 Å². The van der Waals surface area contributed by atoms with Crippen LogP contribution in [0, 0.1) is 5.41 Å². The Morgan fingerprint density at radius 1 is 0.310 bits per heavy atom. The topological polar surface area (TPSA) is 246 Å². The molecule has 5 aliphatic rings. The number of hydrogen-bond donors (Lipinski definition) is 2. The number of nitrogens with one attached hydrogen (secondary N) is 2. The van der Waals surface area contributed by atoms with Gasteiger partial charge in [-0.05, 0) is 349 Å². The van der Waals surface area contributed by atoms with Crippen LogP contribution in [-0.2, 0) is 83.0 Å². The highest BCUT2D eigenvalue weighted by Crippen LogP contribution is 2.97. The molecule has 1 fully saturated rings. The van der Waals surface area contributed by atoms with E-state index >= 15 is 14.4 Å². The zero-order valence-corrected chi connectivity index (χ0v) is 59.5. The number of benzene rings is 21. The fourth-order valence-corrected chi connectivity index (χ4v) is 29.9. The molecule has 31 aromatic carbocycles. The first-order valence-electron chi connectivity index (χ1n) is 39.9. The SMILES string of the molecule is O=C(CCCOC(=O)C1(C(=O)OCCCn2c(=O)[nH]c(=O)[nH]c2=O)C23c4c5c6c7c8c9c(c%10c%11c2c2c4c4c%12c5c5c6c6c8c8c%13c9c9c%10c%10c%11c%11c2c2c4c4c%12c%12c5c5c6c8c6c8c%13c9c9c%10c%10c%11c2c2c4c4c%12c5c6c5c8c9c%10c2c45)C713)O[C@@H](C(=O)OCc1ccccc1)[C@@H](OC(=O)c1ccccc1)C(=O)OCc1ccccc1. The van der Waals surface area contributed by atoms with Crippen molar-refractivity contribution in [1.82, 2.24) is 14.5 Å². The lowest BCUT2D eigenvalue weighted by molar-refractivity contribution is -0.185. The summed E-state index contributed by atoms with van der Waals surface area (Å²) in [5.74, 6) is -6.10. The maximum Gasteiger partial charge on any atom is 0.352 e. The highest BCUT2D eigenvalue weighted by Gasteiger charge is 3.01. The summed E-state index contributed by atoms with van der Waals surface area (Å²) in [6.07, 6.45) is -5.20. The lowest BCUT2D eigenvalue weighted by atomic mass is 9.68. The van der Waals surface area contributed by atoms with Crippen LogP contribution in [0.25, 0.3) is 291 Å². The molecule has 2 N–H and O–H groups in total. The number of carbonyl (C=O) groups is 6. The van der Waals surface area contributed by atoms with Crippen LogP contribution in [0.3, 0.4) is 0 Å². The molecule has 2 atom stereocenters. The Morgan fingerprint density at radius 3 is 0.862 bits per heavy atom. The maximum atomic E-state index is 18.2. The van der Waals surface area contributed by atoms with Crippen molar-refractivity contribution in [3.8, 4) is 0 Å². The van der Waals surface area contributed by atoms with E-state index in [-0.39, 0.29) is 44.8 Å². The summed E-state index contributed by atoms with van der Waals surface area (Å²) < 4.78 is 38.5. The number of aromatic nitrogens is 3. The quantitative estimate of drug-likeness (QED) is 0.0237. The zero-order valence-electron chi connectivity index (χ0n) is 59.5. The van der Waals surface area contributed by atoms with Crippen LogP contribution in [0.1, 0.15) is 63.0 Å². The number of H-pyrrole nitrogens is 2. The van der Waals surface area contributed by atoms with E-state index in [1.807, 2.05) is 0 Å². The molecule has 116 heavy (non-hydrogen) atoms. The fraction of sp³-hybridized carbons (Fsp3) is 0.133. The zero-order chi connectivity index (χ0) is 74.6. The summed E-state index contributed by atoms with van der Waals surface area (Å²) in [6, 6.07) is 25.4. The van der Waals surface area contributed by atoms with Crippen molar-refractivity contribution < 1.29 is 57.2 Å². The minimum atomic E-state index is -2.26. The Hall–Kier alpha value is -14.7. The molecule has 2 spiro atoms. The van der Waals surface area contributed by atoms with E-state index in [0.29, 0.717) is 11.1 Å². The van der Waals surface area contributed by atoms with Gasteiger partial charge in [-0.25, -0.2) is 33.3 Å². The van der Waals surface area contributed by atoms with Crippen LogP contribution in [0.2, 0.25) is 0 Å². The molecule has 18 nitrogen and oxygen atoms in total. The monoisotopic (exact) mass is 1490 g/mol. The van der Waals surface area contributed by atoms with Crippen molar-refractivity contribution in [1.29, 1.82) is 0 Å². The highest BCUT2D eigenvalue weighted by molar-refractivity contribution is 6.82. The second kappa shape index (κ2) is 15.4. The smallest absolute Gasteiger partial charge is 0.352 e. The van der Waals surface area contributed by atoms with Crippen molar-refractivity contribution in [2.45, 2.75) is 62.1 Å². The average Bonchev–Trinajstić information content (AvgIpc) is 1.35. The third-order valence-electron chi connectivity index (χ3n) is 32.1. The van der Waals surface area contributed by atoms with E-state index in [1.54, 1.807) is 78.9 Å². The molecule has 0 unspecified atom stereocenters. The molecule has 0 aliphatic heterocycles. The molecule has 0 saturated heterocycles. The summed E-state index contributed by atoms with van der Waals surface area (Å²) in [7, 11) is 0. The molecule has 18 heteroatoms. The molecule has 37 rings (SSSR count). The van der Waals surface area contributed by atoms with Crippen LogP contribution >= 0.6 is 0 Å². The first kappa shape index (κ1) is 54.9. The van der Waals surface area contributed by atoms with E-state index in [2.05, 4.69) is 9.97 Å². The number of aromatic amines is 2. The van der Waals surface area contributed by atoms with Crippen LogP contribution < -0.4 is 17.1 Å². The Morgan fingerprint density at radius 2 is 0.569 bits per heavy atom. The van der Waals surface area contributed by atoms with Crippen LogP contribution in [0.15, 0.2) is 105 Å². The molecule has 0 radical (unpaired) electrons. The van der Waals surface area contributed by atoms with Crippen molar-refractivity contribution in [2.75, 3.05) is 13.2 Å². The number of nitrogens with zero attached hydrogens (tertiary/aromatic N) is 1. The minimum Gasteiger partial charge on any atom is -0.465 e. The summed E-state index contributed by atoms with van der Waals surface area (Å²) in [5.41, 5.74) is -3.05. The van der Waals surface area contributed by atoms with E-state index in [1.165, 1.54) is 260 Å². The van der Waals surface area contributed by atoms with Gasteiger partial charge in [-0.2, -0.15) is 0 Å². The number of hydrogen-bond acceptors (Lipinski definition) is 15. The molecular formula is C98H35N3O15. The van der Waals surface area contributed by atoms with E-state index in [9.17, 15) is 28.8 Å². The first-order valence-corrected chi connectivity index (χ1v) is 39.9. The third kappa shape index (κ3) is 4.27. The summed E-state index contributed by atoms with van der Waals surface area (Å²) >= 11 is 0. The van der Waals surface area contributed by atoms with Gasteiger partial charge >= 0.3 is 52.9 Å². The van der Waals surface area contributed by atoms with E-state index in [4.69, 9.17) is 28.4 Å². The van der Waals surface area contributed by atoms with Crippen LogP contribution in [0.4, 0.5) is 0 Å². The maximum absolute atomic E-state index is 18.2. The molecule has 1 saturated carbocycles. The van der Waals surface area contributed by atoms with Crippen molar-refractivity contribution in [2.24, 2.45) is 5.41 Å². The lowest BCUT2D eigenvalue weighted by Crippen LogP contribution is -2.47. The van der Waals surface area contributed by atoms with Crippen molar-refractivity contribution in [3.05, 3.63) is 161 Å². The van der Waals surface area contributed by atoms with Crippen LogP contribution in [-0.4, -0.2) is 75.8 Å². The molecular weight excluding hydrogens is 1460 g/mol. The number of rotatable bonds is 20. The van der Waals surface area contributed by atoms with Gasteiger partial charge in [0.05, 0.1) is 29.6 Å². The summed E-state index contributed by atoms with van der Waals surface area (Å²) in [5, 5.41) is 70.0. The predicted molar refractivity (Wildman–Crippen MR) is 442 cm³/mol. The normalized spacial score (nSPS) is 19.5. The van der Waals surface area contributed by atoms with Gasteiger partial charge in [0, 0.05) is 13.0 Å². The van der Waals surface area contributed by atoms with Gasteiger partial charge < -0.3 is 28.4 Å². The molecule has 1 aromatic heterocycles. The second-order valence-corrected chi connectivity index (χ2v) is 35.4. The molecule has 1 heterocycles. The van der Waals surface area contributed by atoms with Gasteiger partial charge in [0.15, 0.2) is 5.41 Å². The average molecular weight is 1490 g/mol. The van der Waals surface area contributed by atoms with Gasteiger partial charge in [0.1, 0.15) is 13.2 Å². The Bertz CT molecular complexity index is 9460.